The number of sulfonamides is 1. The third-order valence-electron chi connectivity index (χ3n) is 5.85. The molecular formula is C26H34N4O5S. The quantitative estimate of drug-likeness (QED) is 0.420. The predicted molar refractivity (Wildman–Crippen MR) is 139 cm³/mol. The number of carbonyl (C=O) groups excluding carboxylic acids is 1. The summed E-state index contributed by atoms with van der Waals surface area (Å²) in [4.78, 5) is 19.0. The number of ether oxygens (including phenoxy) is 1. The van der Waals surface area contributed by atoms with Crippen molar-refractivity contribution in [3.63, 3.8) is 0 Å². The van der Waals surface area contributed by atoms with Crippen molar-refractivity contribution in [1.82, 2.24) is 15.0 Å². The molecule has 36 heavy (non-hydrogen) atoms. The van der Waals surface area contributed by atoms with Crippen LogP contribution in [0, 0.1) is 0 Å². The van der Waals surface area contributed by atoms with Gasteiger partial charge in [0, 0.05) is 19.7 Å². The molecule has 10 heteroatoms. The topological polar surface area (TPSA) is 106 Å². The highest BCUT2D eigenvalue weighted by Gasteiger charge is 2.24. The van der Waals surface area contributed by atoms with Crippen LogP contribution in [0.25, 0.3) is 11.4 Å². The summed E-state index contributed by atoms with van der Waals surface area (Å²) < 4.78 is 35.9. The highest BCUT2D eigenvalue weighted by atomic mass is 32.2. The Morgan fingerprint density at radius 1 is 1.06 bits per heavy atom. The number of carbonyl (C=O) groups is 1. The van der Waals surface area contributed by atoms with Crippen LogP contribution in [-0.4, -0.2) is 55.8 Å². The number of aromatic nitrogens is 2. The Morgan fingerprint density at radius 3 is 2.19 bits per heavy atom. The monoisotopic (exact) mass is 514 g/mol. The molecule has 0 aliphatic carbocycles. The van der Waals surface area contributed by atoms with Crippen LogP contribution in [-0.2, 0) is 26.8 Å². The molecule has 0 aliphatic heterocycles. The molecule has 1 amide bonds. The number of hydrogen-bond acceptors (Lipinski definition) is 7. The molecule has 9 nitrogen and oxygen atoms in total. The van der Waals surface area contributed by atoms with Gasteiger partial charge in [-0.2, -0.15) is 4.98 Å². The number of rotatable bonds is 9. The number of anilines is 1. The summed E-state index contributed by atoms with van der Waals surface area (Å²) in [5, 5.41) is 4.06. The van der Waals surface area contributed by atoms with E-state index < -0.39 is 16.1 Å². The Balaban J connectivity index is 1.63. The SMILES string of the molecule is CCC(Oc1ccc(N(C)S(C)(=O)=O)cc1)C(=O)N(C)Cc1nc(-c2ccc(C(C)(C)C)cc2)no1. The Morgan fingerprint density at radius 2 is 1.67 bits per heavy atom. The minimum absolute atomic E-state index is 0.0520. The van der Waals surface area contributed by atoms with Crippen LogP contribution in [0.2, 0.25) is 0 Å². The van der Waals surface area contributed by atoms with Crippen molar-refractivity contribution >= 4 is 21.6 Å². The molecular weight excluding hydrogens is 480 g/mol. The molecule has 3 aromatic rings. The smallest absolute Gasteiger partial charge is 0.263 e. The van der Waals surface area contributed by atoms with Crippen LogP contribution in [0.5, 0.6) is 5.75 Å². The standard InChI is InChI=1S/C26H34N4O5S/c1-8-22(34-21-15-13-20(14-16-21)30(6)36(7,32)33)25(31)29(5)17-23-27-24(28-35-23)18-9-11-19(12-10-18)26(2,3)4/h9-16,22H,8,17H2,1-7H3. The fourth-order valence-electron chi connectivity index (χ4n) is 3.48. The van der Waals surface area contributed by atoms with E-state index >= 15 is 0 Å². The van der Waals surface area contributed by atoms with Gasteiger partial charge in [0.1, 0.15) is 5.75 Å². The average Bonchev–Trinajstić information content (AvgIpc) is 3.29. The maximum atomic E-state index is 13.0. The van der Waals surface area contributed by atoms with E-state index in [1.165, 1.54) is 21.8 Å². The molecule has 0 saturated heterocycles. The van der Waals surface area contributed by atoms with Gasteiger partial charge in [0.25, 0.3) is 5.91 Å². The van der Waals surface area contributed by atoms with Crippen LogP contribution < -0.4 is 9.04 Å². The Hall–Kier alpha value is -3.40. The molecule has 0 fully saturated rings. The highest BCUT2D eigenvalue weighted by molar-refractivity contribution is 7.92. The molecule has 194 valence electrons. The van der Waals surface area contributed by atoms with Crippen molar-refractivity contribution in [1.29, 1.82) is 0 Å². The second-order valence-corrected chi connectivity index (χ2v) is 11.8. The van der Waals surface area contributed by atoms with E-state index in [0.29, 0.717) is 29.6 Å². The molecule has 1 atom stereocenters. The lowest BCUT2D eigenvalue weighted by Crippen LogP contribution is -2.39. The van der Waals surface area contributed by atoms with Crippen molar-refractivity contribution in [2.24, 2.45) is 0 Å². The average molecular weight is 515 g/mol. The van der Waals surface area contributed by atoms with Gasteiger partial charge in [0.05, 0.1) is 18.5 Å². The maximum absolute atomic E-state index is 13.0. The molecule has 0 saturated carbocycles. The van der Waals surface area contributed by atoms with Crippen LogP contribution in [0.4, 0.5) is 5.69 Å². The van der Waals surface area contributed by atoms with Gasteiger partial charge >= 0.3 is 0 Å². The minimum Gasteiger partial charge on any atom is -0.481 e. The summed E-state index contributed by atoms with van der Waals surface area (Å²) >= 11 is 0. The van der Waals surface area contributed by atoms with Crippen LogP contribution in [0.15, 0.2) is 53.1 Å². The molecule has 0 bridgehead atoms. The van der Waals surface area contributed by atoms with Gasteiger partial charge in [0.15, 0.2) is 6.10 Å². The van der Waals surface area contributed by atoms with Gasteiger partial charge in [0.2, 0.25) is 21.7 Å². The fraction of sp³-hybridized carbons (Fsp3) is 0.423. The van der Waals surface area contributed by atoms with Crippen LogP contribution >= 0.6 is 0 Å². The molecule has 0 radical (unpaired) electrons. The Labute approximate surface area is 213 Å². The first kappa shape index (κ1) is 27.2. The van der Waals surface area contributed by atoms with E-state index in [0.717, 1.165) is 11.8 Å². The lowest BCUT2D eigenvalue weighted by molar-refractivity contribution is -0.138. The second-order valence-electron chi connectivity index (χ2n) is 9.77. The fourth-order valence-corrected chi connectivity index (χ4v) is 3.99. The molecule has 1 unspecified atom stereocenters. The van der Waals surface area contributed by atoms with Gasteiger partial charge in [-0.25, -0.2) is 8.42 Å². The molecule has 0 N–H and O–H groups in total. The summed E-state index contributed by atoms with van der Waals surface area (Å²) in [6, 6.07) is 14.6. The van der Waals surface area contributed by atoms with Crippen molar-refractivity contribution in [2.75, 3.05) is 24.7 Å². The summed E-state index contributed by atoms with van der Waals surface area (Å²) in [5.74, 6) is 1.02. The van der Waals surface area contributed by atoms with E-state index in [9.17, 15) is 13.2 Å². The van der Waals surface area contributed by atoms with Gasteiger partial charge in [-0.1, -0.05) is 57.1 Å². The largest absolute Gasteiger partial charge is 0.481 e. The predicted octanol–water partition coefficient (Wildman–Crippen LogP) is 4.25. The van der Waals surface area contributed by atoms with Crippen LogP contribution in [0.3, 0.4) is 0 Å². The number of likely N-dealkylation sites (N-methyl/N-ethyl adjacent to an activating group) is 1. The number of hydrogen-bond donors (Lipinski definition) is 0. The van der Waals surface area contributed by atoms with Crippen LogP contribution in [0.1, 0.15) is 45.6 Å². The number of nitrogens with zero attached hydrogens (tertiary/aromatic N) is 4. The third-order valence-corrected chi connectivity index (χ3v) is 7.05. The highest BCUT2D eigenvalue weighted by Crippen LogP contribution is 2.25. The Kier molecular flexibility index (Phi) is 8.08. The van der Waals surface area contributed by atoms with Crippen molar-refractivity contribution in [2.45, 2.75) is 52.2 Å². The third kappa shape index (κ3) is 6.63. The molecule has 1 aromatic heterocycles. The van der Waals surface area contributed by atoms with Crippen molar-refractivity contribution in [3.05, 3.63) is 60.0 Å². The first-order chi connectivity index (χ1) is 16.8. The summed E-state index contributed by atoms with van der Waals surface area (Å²) in [7, 11) is -0.235. The summed E-state index contributed by atoms with van der Waals surface area (Å²) in [6.45, 7) is 8.46. The number of amides is 1. The lowest BCUT2D eigenvalue weighted by Gasteiger charge is -2.23. The molecule has 0 aliphatic rings. The van der Waals surface area contributed by atoms with Crippen molar-refractivity contribution in [3.8, 4) is 17.1 Å². The van der Waals surface area contributed by atoms with Gasteiger partial charge in [-0.3, -0.25) is 9.10 Å². The van der Waals surface area contributed by atoms with E-state index in [1.54, 1.807) is 31.3 Å². The van der Waals surface area contributed by atoms with Gasteiger partial charge in [-0.05, 0) is 41.7 Å². The first-order valence-corrected chi connectivity index (χ1v) is 13.5. The lowest BCUT2D eigenvalue weighted by atomic mass is 9.87. The minimum atomic E-state index is -3.36. The molecule has 2 aromatic carbocycles. The van der Waals surface area contributed by atoms with Gasteiger partial charge in [-0.15, -0.1) is 0 Å². The normalized spacial score (nSPS) is 12.8. The molecule has 3 rings (SSSR count). The van der Waals surface area contributed by atoms with Gasteiger partial charge < -0.3 is 14.2 Å². The van der Waals surface area contributed by atoms with E-state index in [4.69, 9.17) is 9.26 Å². The molecule has 0 spiro atoms. The van der Waals surface area contributed by atoms with E-state index in [1.807, 2.05) is 19.1 Å². The summed E-state index contributed by atoms with van der Waals surface area (Å²) in [5.41, 5.74) is 2.60. The first-order valence-electron chi connectivity index (χ1n) is 11.7. The molecule has 1 heterocycles. The van der Waals surface area contributed by atoms with E-state index in [-0.39, 0.29) is 17.9 Å². The maximum Gasteiger partial charge on any atom is 0.263 e. The van der Waals surface area contributed by atoms with E-state index in [2.05, 4.69) is 43.0 Å². The zero-order chi connectivity index (χ0) is 26.7. The summed E-state index contributed by atoms with van der Waals surface area (Å²) in [6.07, 6.45) is 0.859. The number of benzene rings is 2. The zero-order valence-corrected chi connectivity index (χ0v) is 22.7. The Bertz CT molecular complexity index is 1280. The zero-order valence-electron chi connectivity index (χ0n) is 21.8. The van der Waals surface area contributed by atoms with Crippen molar-refractivity contribution < 1.29 is 22.5 Å². The second kappa shape index (κ2) is 10.7.